The van der Waals surface area contributed by atoms with Gasteiger partial charge in [0, 0.05) is 21.2 Å². The predicted molar refractivity (Wildman–Crippen MR) is 90.0 cm³/mol. The largest absolute Gasteiger partial charge is 0.399 e. The van der Waals surface area contributed by atoms with Crippen LogP contribution in [0.15, 0.2) is 47.4 Å². The number of anilines is 1. The molecule has 1 atom stereocenters. The van der Waals surface area contributed by atoms with Crippen LogP contribution in [0.5, 0.6) is 0 Å². The van der Waals surface area contributed by atoms with E-state index in [2.05, 4.69) is 5.32 Å². The molecule has 3 nitrogen and oxygen atoms in total. The number of rotatable bonds is 4. The van der Waals surface area contributed by atoms with E-state index >= 15 is 0 Å². The lowest BCUT2D eigenvalue weighted by molar-refractivity contribution is 0.0940. The molecular weight excluding hydrogens is 304 g/mol. The van der Waals surface area contributed by atoms with E-state index in [-0.39, 0.29) is 11.9 Å². The Morgan fingerprint density at radius 1 is 1.24 bits per heavy atom. The van der Waals surface area contributed by atoms with Gasteiger partial charge in [0.25, 0.3) is 5.91 Å². The molecule has 21 heavy (non-hydrogen) atoms. The van der Waals surface area contributed by atoms with Crippen LogP contribution in [0.25, 0.3) is 0 Å². The van der Waals surface area contributed by atoms with Crippen molar-refractivity contribution in [1.82, 2.24) is 5.32 Å². The fourth-order valence-electron chi connectivity index (χ4n) is 2.00. The maximum atomic E-state index is 12.2. The minimum absolute atomic E-state index is 0.0892. The van der Waals surface area contributed by atoms with Crippen molar-refractivity contribution in [2.24, 2.45) is 0 Å². The summed E-state index contributed by atoms with van der Waals surface area (Å²) < 4.78 is 0. The van der Waals surface area contributed by atoms with Crippen molar-refractivity contribution in [2.45, 2.75) is 17.9 Å². The summed E-state index contributed by atoms with van der Waals surface area (Å²) in [4.78, 5) is 13.4. The number of nitrogens with two attached hydrogens (primary N) is 1. The maximum Gasteiger partial charge on any atom is 0.251 e. The topological polar surface area (TPSA) is 55.1 Å². The Kier molecular flexibility index (Phi) is 5.15. The number of benzene rings is 2. The quantitative estimate of drug-likeness (QED) is 0.657. The Bertz CT molecular complexity index is 623. The fraction of sp³-hybridized carbons (Fsp3) is 0.188. The zero-order valence-electron chi connectivity index (χ0n) is 11.9. The van der Waals surface area contributed by atoms with Crippen LogP contribution in [-0.2, 0) is 0 Å². The summed E-state index contributed by atoms with van der Waals surface area (Å²) in [5.74, 6) is -0.189. The number of hydrogen-bond donors (Lipinski definition) is 2. The molecule has 0 aliphatic carbocycles. The Hall–Kier alpha value is -1.65. The standard InChI is InChI=1S/C16H17ClN2OS/c1-10(11-3-5-15(21-2)6-4-11)19-16(20)12-7-13(17)9-14(18)8-12/h3-10H,18H2,1-2H3,(H,19,20). The summed E-state index contributed by atoms with van der Waals surface area (Å²) in [6.45, 7) is 1.94. The molecule has 0 aliphatic heterocycles. The molecule has 0 spiro atoms. The van der Waals surface area contributed by atoms with Crippen LogP contribution in [0.3, 0.4) is 0 Å². The highest BCUT2D eigenvalue weighted by molar-refractivity contribution is 7.98. The number of nitrogens with one attached hydrogen (secondary N) is 1. The van der Waals surface area contributed by atoms with E-state index in [1.807, 2.05) is 37.4 Å². The number of carbonyl (C=O) groups is 1. The van der Waals surface area contributed by atoms with Gasteiger partial charge >= 0.3 is 0 Å². The Morgan fingerprint density at radius 2 is 1.90 bits per heavy atom. The Balaban J connectivity index is 2.10. The SMILES string of the molecule is CSc1ccc(C(C)NC(=O)c2cc(N)cc(Cl)c2)cc1. The van der Waals surface area contributed by atoms with Crippen LogP contribution >= 0.6 is 23.4 Å². The molecule has 0 bridgehead atoms. The molecule has 0 heterocycles. The lowest BCUT2D eigenvalue weighted by atomic mass is 10.1. The number of hydrogen-bond acceptors (Lipinski definition) is 3. The maximum absolute atomic E-state index is 12.2. The van der Waals surface area contributed by atoms with Crippen LogP contribution < -0.4 is 11.1 Å². The van der Waals surface area contributed by atoms with E-state index in [0.29, 0.717) is 16.3 Å². The summed E-state index contributed by atoms with van der Waals surface area (Å²) in [6.07, 6.45) is 2.03. The van der Waals surface area contributed by atoms with Gasteiger partial charge in [-0.15, -0.1) is 11.8 Å². The highest BCUT2D eigenvalue weighted by Crippen LogP contribution is 2.20. The van der Waals surface area contributed by atoms with E-state index in [0.717, 1.165) is 5.56 Å². The molecular formula is C16H17ClN2OS. The van der Waals surface area contributed by atoms with Crippen molar-refractivity contribution in [3.8, 4) is 0 Å². The van der Waals surface area contributed by atoms with Crippen molar-refractivity contribution in [3.63, 3.8) is 0 Å². The molecule has 2 aromatic rings. The normalized spacial score (nSPS) is 12.0. The molecule has 0 saturated heterocycles. The van der Waals surface area contributed by atoms with Crippen molar-refractivity contribution in [2.75, 3.05) is 12.0 Å². The molecule has 1 amide bonds. The molecule has 0 fully saturated rings. The van der Waals surface area contributed by atoms with Crippen molar-refractivity contribution in [1.29, 1.82) is 0 Å². The summed E-state index contributed by atoms with van der Waals surface area (Å²) >= 11 is 7.61. The second-order valence-electron chi connectivity index (χ2n) is 4.74. The van der Waals surface area contributed by atoms with Gasteiger partial charge in [-0.2, -0.15) is 0 Å². The van der Waals surface area contributed by atoms with Gasteiger partial charge in [-0.05, 0) is 49.1 Å². The number of carbonyl (C=O) groups excluding carboxylic acids is 1. The second kappa shape index (κ2) is 6.87. The highest BCUT2D eigenvalue weighted by Gasteiger charge is 2.12. The van der Waals surface area contributed by atoms with Crippen molar-refractivity contribution >= 4 is 35.0 Å². The van der Waals surface area contributed by atoms with Gasteiger partial charge in [-0.1, -0.05) is 23.7 Å². The monoisotopic (exact) mass is 320 g/mol. The number of thioether (sulfide) groups is 1. The van der Waals surface area contributed by atoms with Gasteiger partial charge in [-0.3, -0.25) is 4.79 Å². The third kappa shape index (κ3) is 4.16. The molecule has 5 heteroatoms. The van der Waals surface area contributed by atoms with Crippen LogP contribution in [0.1, 0.15) is 28.9 Å². The lowest BCUT2D eigenvalue weighted by Crippen LogP contribution is -2.26. The first-order valence-electron chi connectivity index (χ1n) is 6.50. The van der Waals surface area contributed by atoms with Crippen LogP contribution in [0.4, 0.5) is 5.69 Å². The number of halogens is 1. The first-order chi connectivity index (χ1) is 9.99. The first-order valence-corrected chi connectivity index (χ1v) is 8.10. The summed E-state index contributed by atoms with van der Waals surface area (Å²) in [5, 5.41) is 3.40. The fourth-order valence-corrected chi connectivity index (χ4v) is 2.65. The highest BCUT2D eigenvalue weighted by atomic mass is 35.5. The molecule has 110 valence electrons. The average molecular weight is 321 g/mol. The predicted octanol–water partition coefficient (Wildman–Crippen LogP) is 4.14. The van der Waals surface area contributed by atoms with Crippen molar-refractivity contribution in [3.05, 3.63) is 58.6 Å². The first kappa shape index (κ1) is 15.7. The number of amides is 1. The van der Waals surface area contributed by atoms with Gasteiger partial charge in [-0.25, -0.2) is 0 Å². The number of nitrogen functional groups attached to an aromatic ring is 1. The van der Waals surface area contributed by atoms with E-state index < -0.39 is 0 Å². The molecule has 2 aromatic carbocycles. The van der Waals surface area contributed by atoms with Crippen LogP contribution in [-0.4, -0.2) is 12.2 Å². The smallest absolute Gasteiger partial charge is 0.251 e. The molecule has 0 saturated carbocycles. The Morgan fingerprint density at radius 3 is 2.48 bits per heavy atom. The van der Waals surface area contributed by atoms with E-state index in [4.69, 9.17) is 17.3 Å². The van der Waals surface area contributed by atoms with Gasteiger partial charge in [0.1, 0.15) is 0 Å². The summed E-state index contributed by atoms with van der Waals surface area (Å²) in [5.41, 5.74) is 7.70. The van der Waals surface area contributed by atoms with Crippen LogP contribution in [0, 0.1) is 0 Å². The van der Waals surface area contributed by atoms with Gasteiger partial charge < -0.3 is 11.1 Å². The zero-order chi connectivity index (χ0) is 15.4. The lowest BCUT2D eigenvalue weighted by Gasteiger charge is -2.15. The summed E-state index contributed by atoms with van der Waals surface area (Å²) in [6, 6.07) is 12.9. The molecule has 1 unspecified atom stereocenters. The summed E-state index contributed by atoms with van der Waals surface area (Å²) in [7, 11) is 0. The van der Waals surface area contributed by atoms with E-state index in [9.17, 15) is 4.79 Å². The van der Waals surface area contributed by atoms with Crippen LogP contribution in [0.2, 0.25) is 5.02 Å². The minimum atomic E-state index is -0.189. The zero-order valence-corrected chi connectivity index (χ0v) is 13.5. The third-order valence-corrected chi connectivity index (χ3v) is 4.11. The van der Waals surface area contributed by atoms with E-state index in [1.165, 1.54) is 4.90 Å². The van der Waals surface area contributed by atoms with Gasteiger partial charge in [0.15, 0.2) is 0 Å². The molecule has 0 aromatic heterocycles. The molecule has 2 rings (SSSR count). The Labute approximate surface area is 133 Å². The molecule has 0 aliphatic rings. The van der Waals surface area contributed by atoms with Crippen molar-refractivity contribution < 1.29 is 4.79 Å². The average Bonchev–Trinajstić information content (AvgIpc) is 2.46. The van der Waals surface area contributed by atoms with Gasteiger partial charge in [0.2, 0.25) is 0 Å². The second-order valence-corrected chi connectivity index (χ2v) is 6.06. The minimum Gasteiger partial charge on any atom is -0.399 e. The molecule has 3 N–H and O–H groups in total. The third-order valence-electron chi connectivity index (χ3n) is 3.15. The van der Waals surface area contributed by atoms with E-state index in [1.54, 1.807) is 30.0 Å². The van der Waals surface area contributed by atoms with Gasteiger partial charge in [0.05, 0.1) is 6.04 Å². The molecule has 0 radical (unpaired) electrons.